The molecule has 5 aromatic rings. The number of benzene rings is 2. The molecule has 13 heteroatoms. The highest BCUT2D eigenvalue weighted by molar-refractivity contribution is 6.01. The van der Waals surface area contributed by atoms with Crippen LogP contribution in [-0.4, -0.2) is 82.0 Å². The fraction of sp³-hybridized carbons (Fsp3) is 0.273. The van der Waals surface area contributed by atoms with Gasteiger partial charge in [0.25, 0.3) is 5.91 Å². The SMILES string of the molecule is Cc1nn(C)c(C)c1-c1cnc2c(N3CCOCC3)nc(-c3ccc(NC(=O)Nc4ccc(C(=O)N(C)C)cc4)c(F)c3)nc2c1. The Bertz CT molecular complexity index is 1950. The molecule has 236 valence electrons. The summed E-state index contributed by atoms with van der Waals surface area (Å²) in [6.45, 7) is 6.35. The Balaban J connectivity index is 1.29. The van der Waals surface area contributed by atoms with Crippen molar-refractivity contribution < 1.29 is 18.7 Å². The van der Waals surface area contributed by atoms with Crippen LogP contribution in [-0.2, 0) is 11.8 Å². The van der Waals surface area contributed by atoms with Crippen molar-refractivity contribution in [1.29, 1.82) is 0 Å². The van der Waals surface area contributed by atoms with E-state index in [1.807, 2.05) is 37.8 Å². The van der Waals surface area contributed by atoms with Gasteiger partial charge in [-0.15, -0.1) is 0 Å². The van der Waals surface area contributed by atoms with Gasteiger partial charge in [-0.3, -0.25) is 14.5 Å². The van der Waals surface area contributed by atoms with Crippen LogP contribution in [0.5, 0.6) is 0 Å². The molecule has 0 aliphatic carbocycles. The summed E-state index contributed by atoms with van der Waals surface area (Å²) in [5.74, 6) is 0.176. The molecule has 3 aromatic heterocycles. The number of nitrogens with zero attached hydrogens (tertiary/aromatic N) is 7. The van der Waals surface area contributed by atoms with Crippen LogP contribution in [0.15, 0.2) is 54.7 Å². The number of anilines is 3. The van der Waals surface area contributed by atoms with Gasteiger partial charge in [-0.2, -0.15) is 5.10 Å². The minimum absolute atomic E-state index is 0.0127. The summed E-state index contributed by atoms with van der Waals surface area (Å²) in [6, 6.07) is 12.2. The number of ether oxygens (including phenoxy) is 1. The first-order valence-corrected chi connectivity index (χ1v) is 14.8. The van der Waals surface area contributed by atoms with E-state index < -0.39 is 11.8 Å². The molecule has 12 nitrogen and oxygen atoms in total. The standard InChI is InChI=1S/C33H34FN9O3/c1-19-28(20(2)42(5)40-19)23-17-27-29(35-18-23)31(43-12-14-46-15-13-43)39-30(37-27)22-8-11-26(25(34)16-22)38-33(45)36-24-9-6-21(7-10-24)32(44)41(3)4/h6-11,16-18H,12-15H2,1-5H3,(H2,36,38,45). The number of aromatic nitrogens is 5. The number of carbonyl (C=O) groups excluding carboxylic acids is 2. The lowest BCUT2D eigenvalue weighted by atomic mass is 10.1. The average molecular weight is 624 g/mol. The van der Waals surface area contributed by atoms with Crippen molar-refractivity contribution in [3.8, 4) is 22.5 Å². The van der Waals surface area contributed by atoms with E-state index in [9.17, 15) is 9.59 Å². The van der Waals surface area contributed by atoms with Crippen LogP contribution in [0.25, 0.3) is 33.5 Å². The maximum absolute atomic E-state index is 15.4. The van der Waals surface area contributed by atoms with Crippen molar-refractivity contribution in [2.24, 2.45) is 7.05 Å². The lowest BCUT2D eigenvalue weighted by molar-refractivity contribution is 0.0827. The Morgan fingerprint density at radius 3 is 2.35 bits per heavy atom. The Morgan fingerprint density at radius 1 is 0.957 bits per heavy atom. The summed E-state index contributed by atoms with van der Waals surface area (Å²) in [4.78, 5) is 42.8. The van der Waals surface area contributed by atoms with Crippen molar-refractivity contribution >= 4 is 40.2 Å². The predicted octanol–water partition coefficient (Wildman–Crippen LogP) is 5.03. The molecule has 1 aliphatic heterocycles. The van der Waals surface area contributed by atoms with E-state index in [1.165, 1.54) is 17.0 Å². The monoisotopic (exact) mass is 623 g/mol. The summed E-state index contributed by atoms with van der Waals surface area (Å²) >= 11 is 0. The van der Waals surface area contributed by atoms with Crippen LogP contribution in [0.4, 0.5) is 26.4 Å². The normalized spacial score (nSPS) is 13.1. The van der Waals surface area contributed by atoms with Gasteiger partial charge in [0.15, 0.2) is 11.6 Å². The molecule has 1 fully saturated rings. The van der Waals surface area contributed by atoms with Crippen LogP contribution in [0.1, 0.15) is 21.7 Å². The molecule has 0 radical (unpaired) electrons. The van der Waals surface area contributed by atoms with E-state index >= 15 is 4.39 Å². The Labute approximate surface area is 265 Å². The smallest absolute Gasteiger partial charge is 0.323 e. The first-order valence-electron chi connectivity index (χ1n) is 14.8. The number of aryl methyl sites for hydroxylation is 2. The average Bonchev–Trinajstić information content (AvgIpc) is 3.31. The fourth-order valence-corrected chi connectivity index (χ4v) is 5.45. The van der Waals surface area contributed by atoms with E-state index in [1.54, 1.807) is 44.4 Å². The molecule has 2 N–H and O–H groups in total. The third-order valence-corrected chi connectivity index (χ3v) is 7.90. The second-order valence-corrected chi connectivity index (χ2v) is 11.3. The number of rotatable bonds is 6. The van der Waals surface area contributed by atoms with Crippen molar-refractivity contribution in [2.45, 2.75) is 13.8 Å². The summed E-state index contributed by atoms with van der Waals surface area (Å²) in [5.41, 5.74) is 6.39. The molecule has 0 spiro atoms. The van der Waals surface area contributed by atoms with Crippen LogP contribution in [0.2, 0.25) is 0 Å². The van der Waals surface area contributed by atoms with E-state index in [-0.39, 0.29) is 11.6 Å². The number of urea groups is 1. The summed E-state index contributed by atoms with van der Waals surface area (Å²) in [6.07, 6.45) is 1.81. The minimum atomic E-state index is -0.648. The third kappa shape index (κ3) is 6.09. The van der Waals surface area contributed by atoms with Gasteiger partial charge in [0.1, 0.15) is 11.3 Å². The minimum Gasteiger partial charge on any atom is -0.378 e. The van der Waals surface area contributed by atoms with Gasteiger partial charge < -0.3 is 25.2 Å². The first-order chi connectivity index (χ1) is 22.1. The first kappa shape index (κ1) is 30.6. The van der Waals surface area contributed by atoms with Crippen molar-refractivity contribution in [1.82, 2.24) is 29.6 Å². The van der Waals surface area contributed by atoms with Crippen LogP contribution in [0.3, 0.4) is 0 Å². The van der Waals surface area contributed by atoms with Gasteiger partial charge in [-0.25, -0.2) is 19.2 Å². The van der Waals surface area contributed by atoms with E-state index in [2.05, 4.69) is 20.6 Å². The second-order valence-electron chi connectivity index (χ2n) is 11.3. The number of carbonyl (C=O) groups is 2. The number of pyridine rings is 1. The molecule has 0 bridgehead atoms. The van der Waals surface area contributed by atoms with Crippen molar-refractivity contribution in [2.75, 3.05) is 55.9 Å². The van der Waals surface area contributed by atoms with Gasteiger partial charge >= 0.3 is 6.03 Å². The molecule has 2 aromatic carbocycles. The number of nitrogens with one attached hydrogen (secondary N) is 2. The number of fused-ring (bicyclic) bond motifs is 1. The largest absolute Gasteiger partial charge is 0.378 e. The van der Waals surface area contributed by atoms with Gasteiger partial charge in [0, 0.05) is 74.1 Å². The lowest BCUT2D eigenvalue weighted by Gasteiger charge is -2.28. The molecule has 0 saturated carbocycles. The van der Waals surface area contributed by atoms with Gasteiger partial charge in [-0.1, -0.05) is 0 Å². The summed E-state index contributed by atoms with van der Waals surface area (Å²) in [5, 5.41) is 9.74. The molecule has 46 heavy (non-hydrogen) atoms. The van der Waals surface area contributed by atoms with Crippen molar-refractivity contribution in [3.63, 3.8) is 0 Å². The molecule has 0 unspecified atom stereocenters. The highest BCUT2D eigenvalue weighted by Gasteiger charge is 2.21. The zero-order valence-corrected chi connectivity index (χ0v) is 26.3. The maximum Gasteiger partial charge on any atom is 0.323 e. The predicted molar refractivity (Wildman–Crippen MR) is 175 cm³/mol. The molecule has 1 aliphatic rings. The Morgan fingerprint density at radius 2 is 1.70 bits per heavy atom. The summed E-state index contributed by atoms with van der Waals surface area (Å²) in [7, 11) is 5.23. The van der Waals surface area contributed by atoms with Crippen LogP contribution >= 0.6 is 0 Å². The van der Waals surface area contributed by atoms with Crippen LogP contribution < -0.4 is 15.5 Å². The molecular formula is C33H34FN9O3. The molecule has 0 atom stereocenters. The topological polar surface area (TPSA) is 130 Å². The second kappa shape index (κ2) is 12.5. The molecule has 4 heterocycles. The van der Waals surface area contributed by atoms with E-state index in [0.29, 0.717) is 65.8 Å². The maximum atomic E-state index is 15.4. The number of hydrogen-bond acceptors (Lipinski definition) is 8. The number of halogens is 1. The summed E-state index contributed by atoms with van der Waals surface area (Å²) < 4.78 is 22.8. The molecule has 6 rings (SSSR count). The number of hydrogen-bond donors (Lipinski definition) is 2. The van der Waals surface area contributed by atoms with E-state index in [0.717, 1.165) is 22.5 Å². The molecule has 3 amide bonds. The fourth-order valence-electron chi connectivity index (χ4n) is 5.45. The van der Waals surface area contributed by atoms with Crippen molar-refractivity contribution in [3.05, 3.63) is 77.5 Å². The molecule has 1 saturated heterocycles. The number of amides is 3. The Hall–Kier alpha value is -5.43. The highest BCUT2D eigenvalue weighted by atomic mass is 19.1. The van der Waals surface area contributed by atoms with Crippen LogP contribution in [0, 0.1) is 19.7 Å². The Kier molecular flexibility index (Phi) is 8.33. The number of morpholine rings is 1. The lowest BCUT2D eigenvalue weighted by Crippen LogP contribution is -2.37. The quantitative estimate of drug-likeness (QED) is 0.269. The zero-order chi connectivity index (χ0) is 32.5. The zero-order valence-electron chi connectivity index (χ0n) is 26.3. The highest BCUT2D eigenvalue weighted by Crippen LogP contribution is 2.33. The molecular weight excluding hydrogens is 589 g/mol. The van der Waals surface area contributed by atoms with Gasteiger partial charge in [0.05, 0.1) is 30.1 Å². The van der Waals surface area contributed by atoms with E-state index in [4.69, 9.17) is 19.7 Å². The van der Waals surface area contributed by atoms with Gasteiger partial charge in [-0.05, 0) is 62.4 Å². The van der Waals surface area contributed by atoms with Gasteiger partial charge in [0.2, 0.25) is 0 Å². The third-order valence-electron chi connectivity index (χ3n) is 7.90.